The maximum absolute atomic E-state index is 13.1. The number of rotatable bonds is 11. The number of thiophene rings is 1. The van der Waals surface area contributed by atoms with Crippen LogP contribution in [0.5, 0.6) is 0 Å². The van der Waals surface area contributed by atoms with Crippen LogP contribution in [-0.2, 0) is 29.5 Å². The van der Waals surface area contributed by atoms with Crippen molar-refractivity contribution in [2.45, 2.75) is 70.9 Å². The molecule has 0 spiro atoms. The van der Waals surface area contributed by atoms with Crippen molar-refractivity contribution in [3.63, 3.8) is 0 Å². The van der Waals surface area contributed by atoms with Gasteiger partial charge in [0.25, 0.3) is 0 Å². The number of halogens is 3. The Bertz CT molecular complexity index is 1990. The number of hydrogen-bond donors (Lipinski definition) is 2. The van der Waals surface area contributed by atoms with Crippen molar-refractivity contribution in [1.29, 1.82) is 5.26 Å². The van der Waals surface area contributed by atoms with E-state index in [-0.39, 0.29) is 17.0 Å². The zero-order valence-corrected chi connectivity index (χ0v) is 30.5. The largest absolute Gasteiger partial charge is 0.393 e. The smallest absolute Gasteiger partial charge is 0.367 e. The number of nitrogens with one attached hydrogen (secondary N) is 2. The minimum atomic E-state index is -4.29. The van der Waals surface area contributed by atoms with E-state index >= 15 is 0 Å². The number of nitrogens with zero attached hydrogens (tertiary/aromatic N) is 7. The molecular weight excluding hydrogens is 688 g/mol. The molecule has 2 aliphatic rings. The zero-order valence-electron chi connectivity index (χ0n) is 28.8. The number of piperazine rings is 1. The molecular formula is C34H44F3N9O2S2. The number of benzene rings is 1. The lowest BCUT2D eigenvalue weighted by molar-refractivity contribution is -0.126. The summed E-state index contributed by atoms with van der Waals surface area (Å²) in [7, 11) is -1.51. The first-order chi connectivity index (χ1) is 23.8. The normalized spacial score (nSPS) is 18.1. The van der Waals surface area contributed by atoms with Crippen LogP contribution in [0.2, 0.25) is 0 Å². The zero-order chi connectivity index (χ0) is 35.8. The first-order valence-corrected chi connectivity index (χ1v) is 19.7. The molecule has 5 heterocycles. The van der Waals surface area contributed by atoms with Gasteiger partial charge in [0.15, 0.2) is 0 Å². The van der Waals surface area contributed by atoms with Crippen molar-refractivity contribution in [1.82, 2.24) is 28.6 Å². The van der Waals surface area contributed by atoms with Gasteiger partial charge in [-0.1, -0.05) is 13.0 Å². The lowest BCUT2D eigenvalue weighted by Gasteiger charge is -2.38. The molecule has 4 aromatic rings. The summed E-state index contributed by atoms with van der Waals surface area (Å²) in [6.45, 7) is 9.67. The summed E-state index contributed by atoms with van der Waals surface area (Å²) >= 11 is 1.05. The number of aromatic nitrogens is 3. The number of aryl methyl sites for hydroxylation is 1. The van der Waals surface area contributed by atoms with Crippen molar-refractivity contribution in [2.75, 3.05) is 63.2 Å². The van der Waals surface area contributed by atoms with E-state index in [4.69, 9.17) is 0 Å². The Kier molecular flexibility index (Phi) is 10.6. The predicted octanol–water partition coefficient (Wildman–Crippen LogP) is 5.40. The van der Waals surface area contributed by atoms with Crippen LogP contribution in [0.15, 0.2) is 24.3 Å². The van der Waals surface area contributed by atoms with Crippen LogP contribution in [0.1, 0.15) is 47.9 Å². The molecule has 0 amide bonds. The summed E-state index contributed by atoms with van der Waals surface area (Å²) in [5.41, 5.74) is 4.02. The van der Waals surface area contributed by atoms with Gasteiger partial charge in [0, 0.05) is 87.3 Å². The van der Waals surface area contributed by atoms with Crippen LogP contribution in [0.3, 0.4) is 0 Å². The fourth-order valence-electron chi connectivity index (χ4n) is 7.24. The molecule has 0 unspecified atom stereocenters. The standard InChI is InChI=1S/C34H44F3N9O2S2/c1-5-25(44-12-14-45(15-13-44)50(4,47)48)21-46-26(19-38)16-28-22(2)23(6-7-30(28)46)20-43-10-8-24(9-11-43)40-31-29-17-27(18-34(35,36)37)49-32(29)42-33(39-3)41-31/h6-7,16-17,24-25H,5,8-15,18,20-21H2,1-4H3,(H2,39,40,41,42)/t25-/m0/s1. The van der Waals surface area contributed by atoms with Crippen molar-refractivity contribution >= 4 is 54.2 Å². The first kappa shape index (κ1) is 36.3. The number of anilines is 2. The molecule has 0 saturated carbocycles. The predicted molar refractivity (Wildman–Crippen MR) is 192 cm³/mol. The minimum Gasteiger partial charge on any atom is -0.367 e. The van der Waals surface area contributed by atoms with E-state index in [1.807, 2.05) is 6.07 Å². The lowest BCUT2D eigenvalue weighted by atomic mass is 10.0. The Hall–Kier alpha value is -3.49. The quantitative estimate of drug-likeness (QED) is 0.209. The van der Waals surface area contributed by atoms with Gasteiger partial charge in [-0.25, -0.2) is 13.4 Å². The number of sulfonamides is 1. The van der Waals surface area contributed by atoms with Crippen LogP contribution >= 0.6 is 11.3 Å². The average molecular weight is 732 g/mol. The van der Waals surface area contributed by atoms with Crippen molar-refractivity contribution in [3.05, 3.63) is 46.0 Å². The maximum atomic E-state index is 13.1. The Morgan fingerprint density at radius 1 is 1.08 bits per heavy atom. The minimum absolute atomic E-state index is 0.122. The molecule has 3 aromatic heterocycles. The van der Waals surface area contributed by atoms with Crippen molar-refractivity contribution in [2.24, 2.45) is 0 Å². The number of hydrogen-bond acceptors (Lipinski definition) is 10. The third-order valence-corrected chi connectivity index (χ3v) is 12.4. The highest BCUT2D eigenvalue weighted by atomic mass is 32.2. The molecule has 1 aromatic carbocycles. The summed E-state index contributed by atoms with van der Waals surface area (Å²) in [5.74, 6) is 0.929. The lowest BCUT2D eigenvalue weighted by Crippen LogP contribution is -2.52. The van der Waals surface area contributed by atoms with Crippen LogP contribution in [0.25, 0.3) is 21.1 Å². The SMILES string of the molecule is CC[C@@H](Cn1c(C#N)cc2c(C)c(CN3CCC(Nc4nc(NC)nc5sc(CC(F)(F)F)cc45)CC3)ccc21)N1CCN(S(C)(=O)=O)CC1. The Morgan fingerprint density at radius 2 is 1.80 bits per heavy atom. The number of fused-ring (bicyclic) bond motifs is 2. The maximum Gasteiger partial charge on any atom is 0.393 e. The Labute approximate surface area is 295 Å². The van der Waals surface area contributed by atoms with Crippen LogP contribution < -0.4 is 10.6 Å². The average Bonchev–Trinajstić information content (AvgIpc) is 3.65. The molecule has 50 heavy (non-hydrogen) atoms. The van der Waals surface area contributed by atoms with E-state index in [0.717, 1.165) is 66.7 Å². The van der Waals surface area contributed by atoms with Crippen LogP contribution in [-0.4, -0.2) is 108 Å². The van der Waals surface area contributed by atoms with E-state index in [1.165, 1.54) is 16.1 Å². The number of alkyl halides is 3. The second-order valence-corrected chi connectivity index (χ2v) is 16.5. The molecule has 0 aliphatic carbocycles. The van der Waals surface area contributed by atoms with Gasteiger partial charge in [-0.15, -0.1) is 11.3 Å². The number of piperidine rings is 1. The monoisotopic (exact) mass is 731 g/mol. The van der Waals surface area contributed by atoms with E-state index in [2.05, 4.69) is 67.0 Å². The molecule has 6 rings (SSSR count). The second-order valence-electron chi connectivity index (χ2n) is 13.4. The van der Waals surface area contributed by atoms with Crippen molar-refractivity contribution in [3.8, 4) is 6.07 Å². The fraction of sp³-hybridized carbons (Fsp3) is 0.559. The summed E-state index contributed by atoms with van der Waals surface area (Å²) < 4.78 is 66.9. The molecule has 2 saturated heterocycles. The van der Waals surface area contributed by atoms with Crippen molar-refractivity contribution < 1.29 is 21.6 Å². The molecule has 2 N–H and O–H groups in total. The topological polar surface area (TPSA) is 122 Å². The van der Waals surface area contributed by atoms with E-state index in [9.17, 15) is 26.9 Å². The van der Waals surface area contributed by atoms with Gasteiger partial charge >= 0.3 is 6.18 Å². The summed E-state index contributed by atoms with van der Waals surface area (Å²) in [5, 5.41) is 18.2. The molecule has 270 valence electrons. The van der Waals surface area contributed by atoms with E-state index < -0.39 is 22.6 Å². The fourth-order valence-corrected chi connectivity index (χ4v) is 9.13. The van der Waals surface area contributed by atoms with Crippen LogP contribution in [0, 0.1) is 18.3 Å². The highest BCUT2D eigenvalue weighted by Gasteiger charge is 2.30. The van der Waals surface area contributed by atoms with Gasteiger partial charge < -0.3 is 15.2 Å². The highest BCUT2D eigenvalue weighted by Crippen LogP contribution is 2.35. The molecule has 16 heteroatoms. The van der Waals surface area contributed by atoms with Gasteiger partial charge in [-0.05, 0) is 55.5 Å². The summed E-state index contributed by atoms with van der Waals surface area (Å²) in [6.07, 6.45) is -1.42. The van der Waals surface area contributed by atoms with Gasteiger partial charge in [-0.3, -0.25) is 9.80 Å². The molecule has 11 nitrogen and oxygen atoms in total. The Morgan fingerprint density at radius 3 is 2.42 bits per heavy atom. The first-order valence-electron chi connectivity index (χ1n) is 17.0. The van der Waals surface area contributed by atoms with Crippen LogP contribution in [0.4, 0.5) is 24.9 Å². The van der Waals surface area contributed by atoms with Gasteiger partial charge in [-0.2, -0.15) is 27.7 Å². The second kappa shape index (κ2) is 14.6. The molecule has 0 bridgehead atoms. The number of nitriles is 1. The number of likely N-dealkylation sites (tertiary alicyclic amines) is 1. The van der Waals surface area contributed by atoms with Gasteiger partial charge in [0.05, 0.1) is 18.1 Å². The Balaban J connectivity index is 1.11. The van der Waals surface area contributed by atoms with E-state index in [0.29, 0.717) is 60.4 Å². The summed E-state index contributed by atoms with van der Waals surface area (Å²) in [4.78, 5) is 14.4. The molecule has 1 atom stereocenters. The highest BCUT2D eigenvalue weighted by molar-refractivity contribution is 7.88. The molecule has 2 fully saturated rings. The van der Waals surface area contributed by atoms with Gasteiger partial charge in [0.1, 0.15) is 22.4 Å². The molecule has 2 aliphatic heterocycles. The molecule has 0 radical (unpaired) electrons. The van der Waals surface area contributed by atoms with Gasteiger partial charge in [0.2, 0.25) is 16.0 Å². The van der Waals surface area contributed by atoms with E-state index in [1.54, 1.807) is 13.1 Å². The third-order valence-electron chi connectivity index (χ3n) is 10.1. The third kappa shape index (κ3) is 8.02. The summed E-state index contributed by atoms with van der Waals surface area (Å²) in [6, 6.07) is 10.5.